The number of hydrogen-bond acceptors (Lipinski definition) is 5. The third-order valence-electron chi connectivity index (χ3n) is 9.13. The van der Waals surface area contributed by atoms with E-state index >= 15 is 0 Å². The SMILES string of the molecule is CCC.CCCC(CC1CC(=O)c2c(C)ccc(-c3cccc(C(=O)CC(CC)C(=O)CC)c3)c2C1)C(CC)C(=O)CC(C)=O. The maximum absolute atomic E-state index is 13.6. The van der Waals surface area contributed by atoms with Crippen LogP contribution in [0.3, 0.4) is 0 Å². The van der Waals surface area contributed by atoms with Crippen molar-refractivity contribution in [2.75, 3.05) is 0 Å². The van der Waals surface area contributed by atoms with Gasteiger partial charge in [-0.15, -0.1) is 0 Å². The van der Waals surface area contributed by atoms with Gasteiger partial charge in [-0.3, -0.25) is 24.0 Å². The molecule has 1 aliphatic carbocycles. The van der Waals surface area contributed by atoms with E-state index in [0.29, 0.717) is 31.2 Å². The van der Waals surface area contributed by atoms with Crippen molar-refractivity contribution in [1.29, 1.82) is 0 Å². The number of hydrogen-bond donors (Lipinski definition) is 0. The van der Waals surface area contributed by atoms with E-state index in [1.54, 1.807) is 0 Å². The van der Waals surface area contributed by atoms with Crippen LogP contribution in [-0.2, 0) is 20.8 Å². The zero-order chi connectivity index (χ0) is 33.7. The quantitative estimate of drug-likeness (QED) is 0.138. The molecule has 0 fully saturated rings. The fourth-order valence-electron chi connectivity index (χ4n) is 6.99. The van der Waals surface area contributed by atoms with E-state index in [0.717, 1.165) is 53.5 Å². The van der Waals surface area contributed by atoms with E-state index in [-0.39, 0.29) is 65.4 Å². The second-order valence-corrected chi connectivity index (χ2v) is 13.0. The van der Waals surface area contributed by atoms with E-state index < -0.39 is 0 Å². The van der Waals surface area contributed by atoms with Crippen LogP contribution in [0.25, 0.3) is 11.1 Å². The maximum atomic E-state index is 13.6. The third-order valence-corrected chi connectivity index (χ3v) is 9.13. The number of Topliss-reactive ketones (excluding diaryl/α,β-unsaturated/α-hetero) is 5. The second kappa shape index (κ2) is 18.7. The molecule has 4 atom stereocenters. The van der Waals surface area contributed by atoms with E-state index in [2.05, 4.69) is 26.8 Å². The van der Waals surface area contributed by atoms with Gasteiger partial charge in [0.15, 0.2) is 11.6 Å². The number of carbonyl (C=O) groups is 5. The highest BCUT2D eigenvalue weighted by atomic mass is 16.2. The molecule has 3 rings (SSSR count). The van der Waals surface area contributed by atoms with Crippen molar-refractivity contribution in [2.45, 2.75) is 126 Å². The van der Waals surface area contributed by atoms with E-state index in [1.807, 2.05) is 58.0 Å². The van der Waals surface area contributed by atoms with Gasteiger partial charge in [0, 0.05) is 42.2 Å². The average molecular weight is 617 g/mol. The zero-order valence-corrected chi connectivity index (χ0v) is 29.1. The first-order chi connectivity index (χ1) is 21.4. The highest BCUT2D eigenvalue weighted by molar-refractivity contribution is 6.03. The van der Waals surface area contributed by atoms with Crippen LogP contribution in [0.15, 0.2) is 36.4 Å². The number of ketones is 5. The smallest absolute Gasteiger partial charge is 0.163 e. The Balaban J connectivity index is 0.00000226. The molecular weight excluding hydrogens is 560 g/mol. The normalized spacial score (nSPS) is 16.1. The Kier molecular flexibility index (Phi) is 15.8. The van der Waals surface area contributed by atoms with Crippen LogP contribution < -0.4 is 0 Å². The third kappa shape index (κ3) is 10.4. The summed E-state index contributed by atoms with van der Waals surface area (Å²) in [7, 11) is 0. The monoisotopic (exact) mass is 616 g/mol. The van der Waals surface area contributed by atoms with Crippen LogP contribution in [0.5, 0.6) is 0 Å². The predicted octanol–water partition coefficient (Wildman–Crippen LogP) is 9.78. The summed E-state index contributed by atoms with van der Waals surface area (Å²) in [5, 5.41) is 0. The number of aryl methyl sites for hydroxylation is 1. The molecule has 5 nitrogen and oxygen atoms in total. The van der Waals surface area contributed by atoms with Crippen molar-refractivity contribution in [1.82, 2.24) is 0 Å². The van der Waals surface area contributed by atoms with Gasteiger partial charge in [0.25, 0.3) is 0 Å². The maximum Gasteiger partial charge on any atom is 0.163 e. The molecule has 1 aliphatic rings. The second-order valence-electron chi connectivity index (χ2n) is 13.0. The van der Waals surface area contributed by atoms with Gasteiger partial charge in [0.05, 0.1) is 6.42 Å². The van der Waals surface area contributed by atoms with E-state index in [1.165, 1.54) is 13.3 Å². The molecule has 4 unspecified atom stereocenters. The highest BCUT2D eigenvalue weighted by Crippen LogP contribution is 2.40. The first-order valence-corrected chi connectivity index (χ1v) is 17.3. The van der Waals surface area contributed by atoms with Gasteiger partial charge in [0.2, 0.25) is 0 Å². The van der Waals surface area contributed by atoms with Crippen molar-refractivity contribution in [3.05, 3.63) is 58.7 Å². The Morgan fingerprint density at radius 2 is 1.58 bits per heavy atom. The van der Waals surface area contributed by atoms with E-state index in [4.69, 9.17) is 0 Å². The molecule has 0 saturated heterocycles. The lowest BCUT2D eigenvalue weighted by Gasteiger charge is -2.32. The molecule has 0 amide bonds. The van der Waals surface area contributed by atoms with Crippen LogP contribution in [-0.4, -0.2) is 28.9 Å². The Labute approximate surface area is 272 Å². The van der Waals surface area contributed by atoms with Crippen LogP contribution in [0.1, 0.15) is 145 Å². The summed E-state index contributed by atoms with van der Waals surface area (Å²) in [6.45, 7) is 15.6. The fraction of sp³-hybridized carbons (Fsp3) is 0.575. The molecule has 2 aromatic rings. The summed E-state index contributed by atoms with van der Waals surface area (Å²) < 4.78 is 0. The minimum absolute atomic E-state index is 0.0187. The lowest BCUT2D eigenvalue weighted by molar-refractivity contribution is -0.130. The summed E-state index contributed by atoms with van der Waals surface area (Å²) in [5.41, 5.74) is 5.21. The largest absolute Gasteiger partial charge is 0.300 e. The summed E-state index contributed by atoms with van der Waals surface area (Å²) in [6, 6.07) is 11.6. The lowest BCUT2D eigenvalue weighted by atomic mass is 9.71. The first-order valence-electron chi connectivity index (χ1n) is 17.3. The van der Waals surface area contributed by atoms with Gasteiger partial charge in [-0.1, -0.05) is 91.1 Å². The summed E-state index contributed by atoms with van der Waals surface area (Å²) in [5.74, 6) is -0.0474. The molecule has 0 saturated carbocycles. The predicted molar refractivity (Wildman–Crippen MR) is 184 cm³/mol. The van der Waals surface area contributed by atoms with Crippen molar-refractivity contribution >= 4 is 28.9 Å². The summed E-state index contributed by atoms with van der Waals surface area (Å²) >= 11 is 0. The summed E-state index contributed by atoms with van der Waals surface area (Å²) in [4.78, 5) is 63.8. The Bertz CT molecular complexity index is 1340. The van der Waals surface area contributed by atoms with Crippen molar-refractivity contribution in [3.8, 4) is 11.1 Å². The molecule has 0 heterocycles. The van der Waals surface area contributed by atoms with Crippen LogP contribution in [0, 0.1) is 30.6 Å². The van der Waals surface area contributed by atoms with Crippen molar-refractivity contribution in [2.24, 2.45) is 23.7 Å². The van der Waals surface area contributed by atoms with Gasteiger partial charge in [0.1, 0.15) is 17.3 Å². The minimum Gasteiger partial charge on any atom is -0.300 e. The van der Waals surface area contributed by atoms with Crippen LogP contribution >= 0.6 is 0 Å². The first kappa shape index (κ1) is 38.0. The Morgan fingerprint density at radius 1 is 0.889 bits per heavy atom. The van der Waals surface area contributed by atoms with Crippen molar-refractivity contribution < 1.29 is 24.0 Å². The standard InChI is InChI=1S/C37H48O5.C3H8/c1-7-12-27(30(9-3)35(41)17-24(6)38)18-25-19-32-31(16-15-23(5)37(32)36(42)20-25)28-13-11-14-29(21-28)34(40)22-26(8-2)33(39)10-4;1-3-2/h11,13-16,21,25-27,30H,7-10,12,17-20,22H2,1-6H3;3H2,1-2H3. The average Bonchev–Trinajstić information content (AvgIpc) is 3.00. The Hall–Kier alpha value is -3.21. The number of benzene rings is 2. The molecule has 0 spiro atoms. The highest BCUT2D eigenvalue weighted by Gasteiger charge is 2.34. The molecule has 0 N–H and O–H groups in total. The molecule has 0 radical (unpaired) electrons. The fourth-order valence-corrected chi connectivity index (χ4v) is 6.99. The van der Waals surface area contributed by atoms with Gasteiger partial charge < -0.3 is 0 Å². The number of fused-ring (bicyclic) bond motifs is 1. The number of rotatable bonds is 16. The molecule has 0 aromatic heterocycles. The molecule has 2 aromatic carbocycles. The number of carbonyl (C=O) groups excluding carboxylic acids is 5. The van der Waals surface area contributed by atoms with E-state index in [9.17, 15) is 24.0 Å². The van der Waals surface area contributed by atoms with Crippen LogP contribution in [0.4, 0.5) is 0 Å². The van der Waals surface area contributed by atoms with Gasteiger partial charge in [-0.05, 0) is 79.7 Å². The minimum atomic E-state index is -0.262. The van der Waals surface area contributed by atoms with Gasteiger partial charge in [-0.2, -0.15) is 0 Å². The van der Waals surface area contributed by atoms with Gasteiger partial charge >= 0.3 is 0 Å². The molecule has 5 heteroatoms. The molecular formula is C40H56O5. The molecule has 0 aliphatic heterocycles. The lowest BCUT2D eigenvalue weighted by Crippen LogP contribution is -2.30. The van der Waals surface area contributed by atoms with Crippen LogP contribution in [0.2, 0.25) is 0 Å². The van der Waals surface area contributed by atoms with Gasteiger partial charge in [-0.25, -0.2) is 0 Å². The van der Waals surface area contributed by atoms with Crippen molar-refractivity contribution in [3.63, 3.8) is 0 Å². The molecule has 45 heavy (non-hydrogen) atoms. The molecule has 246 valence electrons. The summed E-state index contributed by atoms with van der Waals surface area (Å²) in [6.07, 6.45) is 7.01. The molecule has 0 bridgehead atoms. The zero-order valence-electron chi connectivity index (χ0n) is 29.1. The Morgan fingerprint density at radius 3 is 2.16 bits per heavy atom. The topological polar surface area (TPSA) is 85.3 Å².